The number of rotatable bonds is 2. The van der Waals surface area contributed by atoms with Crippen molar-refractivity contribution >= 4 is 51.7 Å². The molecule has 5 nitrogen and oxygen atoms in total. The van der Waals surface area contributed by atoms with Gasteiger partial charge in [0.15, 0.2) is 5.11 Å². The lowest BCUT2D eigenvalue weighted by molar-refractivity contribution is 0.0977. The van der Waals surface area contributed by atoms with Gasteiger partial charge in [0, 0.05) is 5.56 Å². The standard InChI is InChI=1S/C15H11FN4OS2/c1-8-5-6-11-13(20-23-19-11)12(8)17-15(22)18-14(21)9-3-2-4-10(16)7-9/h2-7H,1H3,(H2,17,18,21,22). The first-order valence-corrected chi connectivity index (χ1v) is 7.78. The van der Waals surface area contributed by atoms with Crippen LogP contribution in [0.25, 0.3) is 11.0 Å². The Morgan fingerprint density at radius 1 is 1.26 bits per heavy atom. The third-order valence-corrected chi connectivity index (χ3v) is 3.94. The summed E-state index contributed by atoms with van der Waals surface area (Å²) in [5.41, 5.74) is 3.26. The minimum absolute atomic E-state index is 0.114. The average molecular weight is 346 g/mol. The zero-order chi connectivity index (χ0) is 16.4. The summed E-state index contributed by atoms with van der Waals surface area (Å²) in [5.74, 6) is -0.964. The van der Waals surface area contributed by atoms with Gasteiger partial charge in [0.1, 0.15) is 16.9 Å². The van der Waals surface area contributed by atoms with E-state index >= 15 is 0 Å². The lowest BCUT2D eigenvalue weighted by atomic mass is 10.1. The molecule has 1 aromatic heterocycles. The van der Waals surface area contributed by atoms with Crippen molar-refractivity contribution < 1.29 is 9.18 Å². The molecule has 23 heavy (non-hydrogen) atoms. The predicted octanol–water partition coefficient (Wildman–Crippen LogP) is 3.27. The van der Waals surface area contributed by atoms with Crippen molar-refractivity contribution in [1.82, 2.24) is 14.1 Å². The minimum Gasteiger partial charge on any atom is -0.330 e. The SMILES string of the molecule is Cc1ccc2nsnc2c1NC(=S)NC(=O)c1cccc(F)c1. The van der Waals surface area contributed by atoms with Crippen LogP contribution in [0.15, 0.2) is 36.4 Å². The lowest BCUT2D eigenvalue weighted by Gasteiger charge is -2.12. The summed E-state index contributed by atoms with van der Waals surface area (Å²) in [6.07, 6.45) is 0. The van der Waals surface area contributed by atoms with Crippen LogP contribution < -0.4 is 10.6 Å². The van der Waals surface area contributed by atoms with Crippen LogP contribution in [0, 0.1) is 12.7 Å². The number of hydrogen-bond donors (Lipinski definition) is 2. The Labute approximate surface area is 140 Å². The fourth-order valence-corrected chi connectivity index (χ4v) is 2.80. The smallest absolute Gasteiger partial charge is 0.257 e. The first kappa shape index (κ1) is 15.4. The molecule has 0 aliphatic rings. The van der Waals surface area contributed by atoms with Gasteiger partial charge < -0.3 is 5.32 Å². The zero-order valence-corrected chi connectivity index (χ0v) is 13.6. The van der Waals surface area contributed by atoms with Crippen molar-refractivity contribution in [3.63, 3.8) is 0 Å². The van der Waals surface area contributed by atoms with Gasteiger partial charge in [0.2, 0.25) is 0 Å². The molecule has 1 amide bonds. The highest BCUT2D eigenvalue weighted by Crippen LogP contribution is 2.25. The maximum Gasteiger partial charge on any atom is 0.257 e. The number of carbonyl (C=O) groups is 1. The van der Waals surface area contributed by atoms with Crippen molar-refractivity contribution in [3.8, 4) is 0 Å². The van der Waals surface area contributed by atoms with E-state index in [-0.39, 0.29) is 10.7 Å². The van der Waals surface area contributed by atoms with Gasteiger partial charge in [-0.05, 0) is 49.0 Å². The average Bonchev–Trinajstić information content (AvgIpc) is 2.99. The molecule has 3 aromatic rings. The summed E-state index contributed by atoms with van der Waals surface area (Å²) in [5, 5.41) is 5.60. The maximum atomic E-state index is 13.2. The van der Waals surface area contributed by atoms with Gasteiger partial charge in [0.25, 0.3) is 5.91 Å². The topological polar surface area (TPSA) is 66.9 Å². The van der Waals surface area contributed by atoms with Gasteiger partial charge >= 0.3 is 0 Å². The Morgan fingerprint density at radius 3 is 2.87 bits per heavy atom. The number of fused-ring (bicyclic) bond motifs is 1. The fraction of sp³-hybridized carbons (Fsp3) is 0.0667. The highest BCUT2D eigenvalue weighted by molar-refractivity contribution is 7.80. The summed E-state index contributed by atoms with van der Waals surface area (Å²) in [6, 6.07) is 9.15. The molecule has 0 atom stereocenters. The van der Waals surface area contributed by atoms with Crippen molar-refractivity contribution in [1.29, 1.82) is 0 Å². The number of hydrogen-bond acceptors (Lipinski definition) is 5. The van der Waals surface area contributed by atoms with E-state index in [9.17, 15) is 9.18 Å². The third kappa shape index (κ3) is 3.33. The number of nitrogens with zero attached hydrogens (tertiary/aromatic N) is 2. The minimum atomic E-state index is -0.483. The van der Waals surface area contributed by atoms with Crippen LogP contribution in [-0.2, 0) is 0 Å². The van der Waals surface area contributed by atoms with E-state index in [0.29, 0.717) is 11.2 Å². The molecule has 8 heteroatoms. The Kier molecular flexibility index (Phi) is 4.26. The number of thiocarbonyl (C=S) groups is 1. The molecule has 3 rings (SSSR count). The Hall–Kier alpha value is -2.45. The van der Waals surface area contributed by atoms with Gasteiger partial charge in [-0.1, -0.05) is 12.1 Å². The molecule has 0 saturated carbocycles. The number of aryl methyl sites for hydroxylation is 1. The first-order valence-electron chi connectivity index (χ1n) is 6.64. The van der Waals surface area contributed by atoms with Crippen molar-refractivity contribution in [2.75, 3.05) is 5.32 Å². The number of amides is 1. The summed E-state index contributed by atoms with van der Waals surface area (Å²) in [4.78, 5) is 12.1. The molecule has 0 spiro atoms. The maximum absolute atomic E-state index is 13.2. The van der Waals surface area contributed by atoms with E-state index in [1.807, 2.05) is 19.1 Å². The molecule has 0 saturated heterocycles. The van der Waals surface area contributed by atoms with E-state index in [1.165, 1.54) is 18.2 Å². The molecule has 0 radical (unpaired) electrons. The number of halogens is 1. The summed E-state index contributed by atoms with van der Waals surface area (Å²) < 4.78 is 21.6. The molecule has 2 aromatic carbocycles. The quantitative estimate of drug-likeness (QED) is 0.697. The lowest BCUT2D eigenvalue weighted by Crippen LogP contribution is -2.34. The molecular weight excluding hydrogens is 335 g/mol. The number of benzene rings is 2. The molecule has 0 bridgehead atoms. The Bertz CT molecular complexity index is 909. The molecule has 2 N–H and O–H groups in total. The highest BCUT2D eigenvalue weighted by atomic mass is 32.1. The van der Waals surface area contributed by atoms with Gasteiger partial charge in [-0.3, -0.25) is 10.1 Å². The van der Waals surface area contributed by atoms with E-state index in [1.54, 1.807) is 0 Å². The number of carbonyl (C=O) groups excluding carboxylic acids is 1. The van der Waals surface area contributed by atoms with Gasteiger partial charge in [-0.15, -0.1) is 0 Å². The summed E-state index contributed by atoms with van der Waals surface area (Å²) in [6.45, 7) is 1.90. The number of nitrogens with one attached hydrogen (secondary N) is 2. The Balaban J connectivity index is 1.77. The predicted molar refractivity (Wildman–Crippen MR) is 92.2 cm³/mol. The van der Waals surface area contributed by atoms with Crippen molar-refractivity contribution in [3.05, 3.63) is 53.3 Å². The molecule has 0 unspecified atom stereocenters. The zero-order valence-electron chi connectivity index (χ0n) is 12.0. The van der Waals surface area contributed by atoms with Gasteiger partial charge in [-0.2, -0.15) is 8.75 Å². The van der Waals surface area contributed by atoms with Crippen LogP contribution in [0.5, 0.6) is 0 Å². The summed E-state index contributed by atoms with van der Waals surface area (Å²) in [7, 11) is 0. The number of aromatic nitrogens is 2. The Morgan fingerprint density at radius 2 is 2.09 bits per heavy atom. The molecule has 0 aliphatic carbocycles. The fourth-order valence-electron chi connectivity index (χ4n) is 2.06. The van der Waals surface area contributed by atoms with Crippen LogP contribution in [0.3, 0.4) is 0 Å². The molecule has 0 fully saturated rings. The van der Waals surface area contributed by atoms with Crippen LogP contribution in [0.2, 0.25) is 0 Å². The second kappa shape index (κ2) is 6.35. The molecule has 1 heterocycles. The largest absolute Gasteiger partial charge is 0.330 e. The van der Waals surface area contributed by atoms with E-state index < -0.39 is 11.7 Å². The van der Waals surface area contributed by atoms with Crippen LogP contribution >= 0.6 is 23.9 Å². The normalized spacial score (nSPS) is 10.5. The molecular formula is C15H11FN4OS2. The van der Waals surface area contributed by atoms with E-state index in [0.717, 1.165) is 28.9 Å². The second-order valence-electron chi connectivity index (χ2n) is 4.81. The van der Waals surface area contributed by atoms with Gasteiger partial charge in [0.05, 0.1) is 17.4 Å². The first-order chi connectivity index (χ1) is 11.0. The van der Waals surface area contributed by atoms with E-state index in [2.05, 4.69) is 19.4 Å². The summed E-state index contributed by atoms with van der Waals surface area (Å²) >= 11 is 6.26. The van der Waals surface area contributed by atoms with Crippen molar-refractivity contribution in [2.24, 2.45) is 0 Å². The number of anilines is 1. The molecule has 116 valence electrons. The van der Waals surface area contributed by atoms with Crippen LogP contribution in [0.1, 0.15) is 15.9 Å². The third-order valence-electron chi connectivity index (χ3n) is 3.19. The van der Waals surface area contributed by atoms with Crippen LogP contribution in [-0.4, -0.2) is 19.8 Å². The van der Waals surface area contributed by atoms with Gasteiger partial charge in [-0.25, -0.2) is 4.39 Å². The molecule has 0 aliphatic heterocycles. The highest BCUT2D eigenvalue weighted by Gasteiger charge is 2.13. The van der Waals surface area contributed by atoms with E-state index in [4.69, 9.17) is 12.2 Å². The second-order valence-corrected chi connectivity index (χ2v) is 5.74. The van der Waals surface area contributed by atoms with Crippen molar-refractivity contribution in [2.45, 2.75) is 6.92 Å². The monoisotopic (exact) mass is 346 g/mol. The van der Waals surface area contributed by atoms with Crippen LogP contribution in [0.4, 0.5) is 10.1 Å².